The van der Waals surface area contributed by atoms with E-state index in [9.17, 15) is 4.79 Å². The molecule has 18 heavy (non-hydrogen) atoms. The lowest BCUT2D eigenvalue weighted by Gasteiger charge is -2.30. The highest BCUT2D eigenvalue weighted by atomic mass is 16.3. The van der Waals surface area contributed by atoms with Crippen LogP contribution in [-0.2, 0) is 0 Å². The molecule has 2 amide bonds. The third-order valence-electron chi connectivity index (χ3n) is 3.01. The van der Waals surface area contributed by atoms with Gasteiger partial charge < -0.3 is 15.3 Å². The van der Waals surface area contributed by atoms with Crippen LogP contribution in [0.3, 0.4) is 0 Å². The number of para-hydroxylation sites is 1. The van der Waals surface area contributed by atoms with Crippen molar-refractivity contribution in [1.82, 2.24) is 4.90 Å². The van der Waals surface area contributed by atoms with Crippen molar-refractivity contribution in [3.63, 3.8) is 0 Å². The largest absolute Gasteiger partial charge is 0.395 e. The highest BCUT2D eigenvalue weighted by molar-refractivity contribution is 5.89. The summed E-state index contributed by atoms with van der Waals surface area (Å²) in [5.41, 5.74) is 0.774. The van der Waals surface area contributed by atoms with Gasteiger partial charge in [-0.1, -0.05) is 32.0 Å². The molecule has 0 unspecified atom stereocenters. The zero-order valence-electron chi connectivity index (χ0n) is 11.1. The Kier molecular flexibility index (Phi) is 6.22. The standard InChI is InChI=1S/C14H22N2O2/c1-3-13(4-2)16(10-11-17)14(18)15-12-8-6-5-7-9-12/h5-9,13,17H,3-4,10-11H2,1-2H3,(H,15,18). The normalized spacial score (nSPS) is 10.4. The Morgan fingerprint density at radius 3 is 2.39 bits per heavy atom. The SMILES string of the molecule is CCC(CC)N(CCO)C(=O)Nc1ccccc1. The summed E-state index contributed by atoms with van der Waals surface area (Å²) in [6.45, 7) is 4.45. The van der Waals surface area contributed by atoms with Crippen molar-refractivity contribution in [1.29, 1.82) is 0 Å². The maximum Gasteiger partial charge on any atom is 0.322 e. The van der Waals surface area contributed by atoms with Crippen LogP contribution < -0.4 is 5.32 Å². The smallest absolute Gasteiger partial charge is 0.322 e. The van der Waals surface area contributed by atoms with Crippen LogP contribution in [0, 0.1) is 0 Å². The number of aliphatic hydroxyl groups is 1. The lowest BCUT2D eigenvalue weighted by molar-refractivity contribution is 0.158. The first kappa shape index (κ1) is 14.5. The van der Waals surface area contributed by atoms with Gasteiger partial charge in [-0.05, 0) is 25.0 Å². The lowest BCUT2D eigenvalue weighted by atomic mass is 10.1. The number of carbonyl (C=O) groups excluding carboxylic acids is 1. The van der Waals surface area contributed by atoms with Crippen molar-refractivity contribution in [3.8, 4) is 0 Å². The molecule has 0 heterocycles. The van der Waals surface area contributed by atoms with Gasteiger partial charge in [0.15, 0.2) is 0 Å². The number of benzene rings is 1. The molecule has 4 nitrogen and oxygen atoms in total. The minimum atomic E-state index is -0.149. The van der Waals surface area contributed by atoms with Crippen LogP contribution in [0.1, 0.15) is 26.7 Å². The summed E-state index contributed by atoms with van der Waals surface area (Å²) < 4.78 is 0. The first-order chi connectivity index (χ1) is 8.72. The number of aliphatic hydroxyl groups excluding tert-OH is 1. The zero-order chi connectivity index (χ0) is 13.4. The van der Waals surface area contributed by atoms with Crippen molar-refractivity contribution in [2.45, 2.75) is 32.7 Å². The van der Waals surface area contributed by atoms with E-state index in [0.717, 1.165) is 18.5 Å². The molecule has 0 atom stereocenters. The monoisotopic (exact) mass is 250 g/mol. The van der Waals surface area contributed by atoms with Crippen molar-refractivity contribution >= 4 is 11.7 Å². The van der Waals surface area contributed by atoms with Gasteiger partial charge in [-0.15, -0.1) is 0 Å². The molecular weight excluding hydrogens is 228 g/mol. The maximum atomic E-state index is 12.2. The van der Waals surface area contributed by atoms with Gasteiger partial charge in [-0.2, -0.15) is 0 Å². The molecule has 4 heteroatoms. The molecule has 1 aromatic carbocycles. The molecule has 0 fully saturated rings. The summed E-state index contributed by atoms with van der Waals surface area (Å²) in [5, 5.41) is 11.9. The second kappa shape index (κ2) is 7.71. The van der Waals surface area contributed by atoms with E-state index >= 15 is 0 Å². The van der Waals surface area contributed by atoms with E-state index < -0.39 is 0 Å². The van der Waals surface area contributed by atoms with E-state index in [1.54, 1.807) is 4.90 Å². The van der Waals surface area contributed by atoms with Crippen LogP contribution in [0.2, 0.25) is 0 Å². The number of urea groups is 1. The number of nitrogens with one attached hydrogen (secondary N) is 1. The lowest BCUT2D eigenvalue weighted by Crippen LogP contribution is -2.44. The fourth-order valence-corrected chi connectivity index (χ4v) is 2.00. The van der Waals surface area contributed by atoms with E-state index in [0.29, 0.717) is 6.54 Å². The topological polar surface area (TPSA) is 52.6 Å². The second-order valence-electron chi connectivity index (χ2n) is 4.18. The van der Waals surface area contributed by atoms with Crippen LogP contribution in [0.5, 0.6) is 0 Å². The number of rotatable bonds is 6. The fraction of sp³-hybridized carbons (Fsp3) is 0.500. The molecule has 0 aromatic heterocycles. The van der Waals surface area contributed by atoms with Gasteiger partial charge >= 0.3 is 6.03 Å². The first-order valence-corrected chi connectivity index (χ1v) is 6.46. The number of hydrogen-bond acceptors (Lipinski definition) is 2. The highest BCUT2D eigenvalue weighted by Gasteiger charge is 2.20. The molecule has 0 aliphatic rings. The molecule has 2 N–H and O–H groups in total. The minimum absolute atomic E-state index is 0.0152. The van der Waals surface area contributed by atoms with Gasteiger partial charge in [-0.25, -0.2) is 4.79 Å². The van der Waals surface area contributed by atoms with E-state index in [-0.39, 0.29) is 18.7 Å². The van der Waals surface area contributed by atoms with E-state index in [1.807, 2.05) is 44.2 Å². The van der Waals surface area contributed by atoms with E-state index in [4.69, 9.17) is 5.11 Å². The molecule has 1 rings (SSSR count). The van der Waals surface area contributed by atoms with Crippen LogP contribution in [-0.4, -0.2) is 35.2 Å². The molecule has 0 radical (unpaired) electrons. The van der Waals surface area contributed by atoms with Gasteiger partial charge in [0.25, 0.3) is 0 Å². The quantitative estimate of drug-likeness (QED) is 0.815. The predicted octanol–water partition coefficient (Wildman–Crippen LogP) is 2.70. The van der Waals surface area contributed by atoms with Crippen molar-refractivity contribution in [3.05, 3.63) is 30.3 Å². The van der Waals surface area contributed by atoms with Gasteiger partial charge in [0.2, 0.25) is 0 Å². The van der Waals surface area contributed by atoms with Crippen LogP contribution in [0.25, 0.3) is 0 Å². The number of hydrogen-bond donors (Lipinski definition) is 2. The van der Waals surface area contributed by atoms with Crippen molar-refractivity contribution in [2.24, 2.45) is 0 Å². The maximum absolute atomic E-state index is 12.2. The Morgan fingerprint density at radius 2 is 1.89 bits per heavy atom. The molecule has 0 aliphatic carbocycles. The number of nitrogens with zero attached hydrogens (tertiary/aromatic N) is 1. The Bertz CT molecular complexity index is 350. The highest BCUT2D eigenvalue weighted by Crippen LogP contribution is 2.12. The van der Waals surface area contributed by atoms with Gasteiger partial charge in [0.1, 0.15) is 0 Å². The van der Waals surface area contributed by atoms with Crippen molar-refractivity contribution < 1.29 is 9.90 Å². The Hall–Kier alpha value is -1.55. The molecular formula is C14H22N2O2. The number of anilines is 1. The summed E-state index contributed by atoms with van der Waals surface area (Å²) >= 11 is 0. The average Bonchev–Trinajstić information content (AvgIpc) is 2.40. The number of amides is 2. The Labute approximate surface area is 109 Å². The summed E-state index contributed by atoms with van der Waals surface area (Å²) in [7, 11) is 0. The van der Waals surface area contributed by atoms with Crippen molar-refractivity contribution in [2.75, 3.05) is 18.5 Å². The van der Waals surface area contributed by atoms with E-state index in [1.165, 1.54) is 0 Å². The summed E-state index contributed by atoms with van der Waals surface area (Å²) in [6, 6.07) is 9.38. The Balaban J connectivity index is 2.70. The van der Waals surface area contributed by atoms with Crippen LogP contribution >= 0.6 is 0 Å². The van der Waals surface area contributed by atoms with Crippen LogP contribution in [0.4, 0.5) is 10.5 Å². The fourth-order valence-electron chi connectivity index (χ4n) is 2.00. The van der Waals surface area contributed by atoms with E-state index in [2.05, 4.69) is 5.32 Å². The predicted molar refractivity (Wildman–Crippen MR) is 73.6 cm³/mol. The molecule has 0 bridgehead atoms. The summed E-state index contributed by atoms with van der Waals surface area (Å²) in [6.07, 6.45) is 1.78. The minimum Gasteiger partial charge on any atom is -0.395 e. The second-order valence-corrected chi connectivity index (χ2v) is 4.18. The summed E-state index contributed by atoms with van der Waals surface area (Å²) in [5.74, 6) is 0. The molecule has 0 aliphatic heterocycles. The molecule has 100 valence electrons. The van der Waals surface area contributed by atoms with Gasteiger partial charge in [-0.3, -0.25) is 0 Å². The molecule has 0 spiro atoms. The van der Waals surface area contributed by atoms with Crippen LogP contribution in [0.15, 0.2) is 30.3 Å². The first-order valence-electron chi connectivity index (χ1n) is 6.46. The average molecular weight is 250 g/mol. The third-order valence-corrected chi connectivity index (χ3v) is 3.01. The molecule has 1 aromatic rings. The summed E-state index contributed by atoms with van der Waals surface area (Å²) in [4.78, 5) is 13.9. The zero-order valence-corrected chi connectivity index (χ0v) is 11.1. The third kappa shape index (κ3) is 4.04. The Morgan fingerprint density at radius 1 is 1.28 bits per heavy atom. The number of carbonyl (C=O) groups is 1. The van der Waals surface area contributed by atoms with Gasteiger partial charge in [0, 0.05) is 18.3 Å². The molecule has 0 saturated carbocycles. The molecule has 0 saturated heterocycles. The van der Waals surface area contributed by atoms with Gasteiger partial charge in [0.05, 0.1) is 6.61 Å².